The van der Waals surface area contributed by atoms with E-state index in [4.69, 9.17) is 17.3 Å². The van der Waals surface area contributed by atoms with E-state index < -0.39 is 11.7 Å². The molecule has 5 N–H and O–H groups in total. The molecule has 2 aromatic carbocycles. The Bertz CT molecular complexity index is 1150. The molecule has 1 aliphatic carbocycles. The van der Waals surface area contributed by atoms with Crippen molar-refractivity contribution in [1.82, 2.24) is 10.2 Å². The molecular weight excluding hydrogens is 502 g/mol. The van der Waals surface area contributed by atoms with Crippen LogP contribution < -0.4 is 11.1 Å². The Kier molecular flexibility index (Phi) is 9.14. The van der Waals surface area contributed by atoms with Crippen LogP contribution in [0.4, 0.5) is 0 Å². The van der Waals surface area contributed by atoms with Crippen LogP contribution in [0.15, 0.2) is 42.5 Å². The van der Waals surface area contributed by atoms with Gasteiger partial charge < -0.3 is 26.2 Å². The standard InChI is InChI=1S/C30H40ClN3O4/c1-19-7-3-8-21(15-19)28-24(10-4-11-25(28)31)30(38,12-6-13-33-20(2)35)23-9-5-14-34(18-23)29(37)22-16-26(32)27(36)17-22/h3-4,7-8,10-11,15,22-23,26-27,36,38H,5-6,9,12-14,16-18,32H2,1-2H3,(H,33,35)/t22-,23?,26+,27-,30?/m0/s1. The number of likely N-dealkylation sites (tertiary alicyclic amines) is 1. The fourth-order valence-electron chi connectivity index (χ4n) is 6.23. The SMILES string of the molecule is CC(=O)NCCCC(O)(c1cccc(Cl)c1-c1cccc(C)c1)C1CCCN(C(=O)[C@H]2C[C@@H](N)[C@@H](O)C2)C1. The van der Waals surface area contributed by atoms with Crippen LogP contribution in [0.2, 0.25) is 5.02 Å². The number of hydrogen-bond acceptors (Lipinski definition) is 5. The lowest BCUT2D eigenvalue weighted by Gasteiger charge is -2.44. The van der Waals surface area contributed by atoms with Crippen LogP contribution in [0.1, 0.15) is 56.6 Å². The molecular formula is C30H40ClN3O4. The first-order valence-electron chi connectivity index (χ1n) is 13.7. The zero-order valence-electron chi connectivity index (χ0n) is 22.3. The number of amides is 2. The fourth-order valence-corrected chi connectivity index (χ4v) is 6.52. The van der Waals surface area contributed by atoms with E-state index in [1.807, 2.05) is 48.2 Å². The number of halogens is 1. The summed E-state index contributed by atoms with van der Waals surface area (Å²) in [6.07, 6.45) is 2.72. The van der Waals surface area contributed by atoms with E-state index in [9.17, 15) is 19.8 Å². The number of nitrogens with zero attached hydrogens (tertiary/aromatic N) is 1. The van der Waals surface area contributed by atoms with E-state index >= 15 is 0 Å². The molecule has 2 aliphatic rings. The number of hydrogen-bond donors (Lipinski definition) is 4. The molecule has 0 radical (unpaired) electrons. The van der Waals surface area contributed by atoms with Crippen LogP contribution in [-0.2, 0) is 15.2 Å². The summed E-state index contributed by atoms with van der Waals surface area (Å²) in [5.41, 5.74) is 8.29. The normalized spacial score (nSPS) is 25.2. The molecule has 2 unspecified atom stereocenters. The van der Waals surface area contributed by atoms with Gasteiger partial charge in [0, 0.05) is 55.0 Å². The topological polar surface area (TPSA) is 116 Å². The molecule has 0 spiro atoms. The monoisotopic (exact) mass is 541 g/mol. The summed E-state index contributed by atoms with van der Waals surface area (Å²) >= 11 is 6.79. The van der Waals surface area contributed by atoms with Crippen molar-refractivity contribution >= 4 is 23.4 Å². The van der Waals surface area contributed by atoms with Gasteiger partial charge in [-0.2, -0.15) is 0 Å². The largest absolute Gasteiger partial charge is 0.391 e. The minimum Gasteiger partial charge on any atom is -0.391 e. The first-order valence-corrected chi connectivity index (χ1v) is 14.0. The van der Waals surface area contributed by atoms with Gasteiger partial charge in [-0.1, -0.05) is 53.6 Å². The van der Waals surface area contributed by atoms with Crippen molar-refractivity contribution in [3.8, 4) is 11.1 Å². The molecule has 0 aromatic heterocycles. The molecule has 2 fully saturated rings. The number of piperidine rings is 1. The predicted molar refractivity (Wildman–Crippen MR) is 149 cm³/mol. The maximum atomic E-state index is 13.4. The molecule has 4 rings (SSSR count). The second-order valence-corrected chi connectivity index (χ2v) is 11.5. The molecule has 0 bridgehead atoms. The third-order valence-electron chi connectivity index (χ3n) is 8.23. The summed E-state index contributed by atoms with van der Waals surface area (Å²) in [7, 11) is 0. The van der Waals surface area contributed by atoms with Gasteiger partial charge in [0.1, 0.15) is 0 Å². The number of aryl methyl sites for hydroxylation is 1. The zero-order valence-corrected chi connectivity index (χ0v) is 23.1. The molecule has 2 aromatic rings. The van der Waals surface area contributed by atoms with E-state index in [1.54, 1.807) is 0 Å². The number of carbonyl (C=O) groups excluding carboxylic acids is 2. The molecule has 38 heavy (non-hydrogen) atoms. The van der Waals surface area contributed by atoms with Crippen molar-refractivity contribution in [3.63, 3.8) is 0 Å². The molecule has 2 amide bonds. The summed E-state index contributed by atoms with van der Waals surface area (Å²) in [6, 6.07) is 13.3. The van der Waals surface area contributed by atoms with Crippen LogP contribution in [0.25, 0.3) is 11.1 Å². The van der Waals surface area contributed by atoms with E-state index in [1.165, 1.54) is 6.92 Å². The van der Waals surface area contributed by atoms with Crippen LogP contribution >= 0.6 is 11.6 Å². The van der Waals surface area contributed by atoms with Gasteiger partial charge in [0.05, 0.1) is 11.7 Å². The zero-order chi connectivity index (χ0) is 27.4. The number of rotatable bonds is 8. The van der Waals surface area contributed by atoms with Crippen molar-refractivity contribution in [2.75, 3.05) is 19.6 Å². The molecule has 1 saturated heterocycles. The Balaban J connectivity index is 1.68. The van der Waals surface area contributed by atoms with Crippen LogP contribution in [0, 0.1) is 18.8 Å². The van der Waals surface area contributed by atoms with Gasteiger partial charge in [-0.15, -0.1) is 0 Å². The van der Waals surface area contributed by atoms with Gasteiger partial charge in [0.15, 0.2) is 0 Å². The second kappa shape index (κ2) is 12.2. The minimum absolute atomic E-state index is 0.00676. The molecule has 1 heterocycles. The summed E-state index contributed by atoms with van der Waals surface area (Å²) in [4.78, 5) is 26.8. The third kappa shape index (κ3) is 6.23. The lowest BCUT2D eigenvalue weighted by Crippen LogP contribution is -2.49. The summed E-state index contributed by atoms with van der Waals surface area (Å²) in [6.45, 7) is 4.99. The van der Waals surface area contributed by atoms with Gasteiger partial charge in [-0.25, -0.2) is 0 Å². The Morgan fingerprint density at radius 1 is 1.21 bits per heavy atom. The first-order chi connectivity index (χ1) is 18.1. The van der Waals surface area contributed by atoms with Crippen molar-refractivity contribution in [1.29, 1.82) is 0 Å². The van der Waals surface area contributed by atoms with Crippen LogP contribution in [0.5, 0.6) is 0 Å². The van der Waals surface area contributed by atoms with Gasteiger partial charge in [-0.3, -0.25) is 9.59 Å². The molecule has 206 valence electrons. The van der Waals surface area contributed by atoms with Gasteiger partial charge in [0.2, 0.25) is 11.8 Å². The summed E-state index contributed by atoms with van der Waals surface area (Å²) in [5.74, 6) is -0.615. The number of aliphatic hydroxyl groups excluding tert-OH is 1. The highest BCUT2D eigenvalue weighted by Gasteiger charge is 2.44. The van der Waals surface area contributed by atoms with E-state index in [2.05, 4.69) is 11.4 Å². The van der Waals surface area contributed by atoms with Gasteiger partial charge >= 0.3 is 0 Å². The Morgan fingerprint density at radius 3 is 2.66 bits per heavy atom. The van der Waals surface area contributed by atoms with Crippen molar-refractivity contribution in [2.45, 2.75) is 70.1 Å². The van der Waals surface area contributed by atoms with Crippen LogP contribution in [-0.4, -0.2) is 58.7 Å². The lowest BCUT2D eigenvalue weighted by atomic mass is 9.72. The maximum Gasteiger partial charge on any atom is 0.225 e. The predicted octanol–water partition coefficient (Wildman–Crippen LogP) is 3.76. The number of nitrogens with two attached hydrogens (primary N) is 1. The van der Waals surface area contributed by atoms with Crippen LogP contribution in [0.3, 0.4) is 0 Å². The molecule has 7 nitrogen and oxygen atoms in total. The first kappa shape index (κ1) is 28.6. The Labute approximate surface area is 230 Å². The Morgan fingerprint density at radius 2 is 1.97 bits per heavy atom. The summed E-state index contributed by atoms with van der Waals surface area (Å²) in [5, 5.41) is 26.1. The average Bonchev–Trinajstić information content (AvgIpc) is 3.23. The highest BCUT2D eigenvalue weighted by molar-refractivity contribution is 6.33. The minimum atomic E-state index is -1.27. The second-order valence-electron chi connectivity index (χ2n) is 11.1. The van der Waals surface area contributed by atoms with Crippen molar-refractivity contribution < 1.29 is 19.8 Å². The van der Waals surface area contributed by atoms with Crippen molar-refractivity contribution in [3.05, 3.63) is 58.6 Å². The fraction of sp³-hybridized carbons (Fsp3) is 0.533. The van der Waals surface area contributed by atoms with E-state index in [-0.39, 0.29) is 29.7 Å². The quantitative estimate of drug-likeness (QED) is 0.380. The average molecular weight is 542 g/mol. The third-order valence-corrected chi connectivity index (χ3v) is 8.54. The number of benzene rings is 2. The summed E-state index contributed by atoms with van der Waals surface area (Å²) < 4.78 is 0. The number of carbonyl (C=O) groups is 2. The lowest BCUT2D eigenvalue weighted by molar-refractivity contribution is -0.141. The molecule has 5 atom stereocenters. The van der Waals surface area contributed by atoms with Gasteiger partial charge in [-0.05, 0) is 62.6 Å². The smallest absolute Gasteiger partial charge is 0.225 e. The molecule has 1 saturated carbocycles. The highest BCUT2D eigenvalue weighted by Crippen LogP contribution is 2.46. The van der Waals surface area contributed by atoms with Crippen molar-refractivity contribution in [2.24, 2.45) is 17.6 Å². The Hall–Kier alpha value is -2.45. The molecule has 8 heteroatoms. The maximum absolute atomic E-state index is 13.4. The highest BCUT2D eigenvalue weighted by atomic mass is 35.5. The van der Waals surface area contributed by atoms with Gasteiger partial charge in [0.25, 0.3) is 0 Å². The van der Waals surface area contributed by atoms with E-state index in [0.717, 1.165) is 35.1 Å². The molecule has 1 aliphatic heterocycles. The number of nitrogens with one attached hydrogen (secondary N) is 1. The number of aliphatic hydroxyl groups is 2. The van der Waals surface area contributed by atoms with E-state index in [0.29, 0.717) is 50.3 Å².